The van der Waals surface area contributed by atoms with Crippen LogP contribution in [0.2, 0.25) is 0 Å². The van der Waals surface area contributed by atoms with Crippen LogP contribution in [-0.2, 0) is 0 Å². The average Bonchev–Trinajstić information content (AvgIpc) is 2.41. The number of anilines is 3. The van der Waals surface area contributed by atoms with Gasteiger partial charge in [-0.2, -0.15) is 5.26 Å². The first kappa shape index (κ1) is 11.9. The van der Waals surface area contributed by atoms with Crippen LogP contribution in [0.3, 0.4) is 0 Å². The van der Waals surface area contributed by atoms with E-state index in [0.717, 1.165) is 5.69 Å². The summed E-state index contributed by atoms with van der Waals surface area (Å²) in [5, 5.41) is 8.86. The minimum atomic E-state index is -0.448. The molecule has 3 nitrogen and oxygen atoms in total. The molecule has 2 aromatic rings. The Morgan fingerprint density at radius 1 is 1.22 bits per heavy atom. The number of nitrogen functional groups attached to an aromatic ring is 1. The quantitative estimate of drug-likeness (QED) is 0.822. The second kappa shape index (κ2) is 4.76. The first-order valence-corrected chi connectivity index (χ1v) is 5.41. The molecular weight excluding hydrogens is 229 g/mol. The van der Waals surface area contributed by atoms with Crippen molar-refractivity contribution >= 4 is 17.1 Å². The zero-order valence-corrected chi connectivity index (χ0v) is 9.89. The second-order valence-corrected chi connectivity index (χ2v) is 3.89. The molecule has 0 bridgehead atoms. The molecule has 0 radical (unpaired) electrons. The molecule has 18 heavy (non-hydrogen) atoms. The van der Waals surface area contributed by atoms with E-state index in [0.29, 0.717) is 11.3 Å². The van der Waals surface area contributed by atoms with Crippen LogP contribution in [0.1, 0.15) is 5.56 Å². The van der Waals surface area contributed by atoms with Gasteiger partial charge in [-0.25, -0.2) is 4.39 Å². The third kappa shape index (κ3) is 2.11. The fourth-order valence-electron chi connectivity index (χ4n) is 1.74. The molecule has 0 saturated carbocycles. The number of nitrogens with two attached hydrogens (primary N) is 1. The maximum absolute atomic E-state index is 13.4. The zero-order valence-electron chi connectivity index (χ0n) is 9.89. The summed E-state index contributed by atoms with van der Waals surface area (Å²) in [7, 11) is 1.78. The highest BCUT2D eigenvalue weighted by atomic mass is 19.1. The molecular formula is C14H12FN3. The summed E-state index contributed by atoms with van der Waals surface area (Å²) in [5.74, 6) is -0.448. The van der Waals surface area contributed by atoms with Crippen LogP contribution in [-0.4, -0.2) is 7.05 Å². The summed E-state index contributed by atoms with van der Waals surface area (Å²) >= 11 is 0. The van der Waals surface area contributed by atoms with Gasteiger partial charge in [0.05, 0.1) is 23.0 Å². The number of para-hydroxylation sites is 1. The van der Waals surface area contributed by atoms with E-state index >= 15 is 0 Å². The molecule has 90 valence electrons. The molecule has 0 aliphatic carbocycles. The maximum atomic E-state index is 13.4. The van der Waals surface area contributed by atoms with E-state index in [1.807, 2.05) is 6.07 Å². The summed E-state index contributed by atoms with van der Waals surface area (Å²) in [6.45, 7) is 0. The Labute approximate surface area is 105 Å². The number of hydrogen-bond donors (Lipinski definition) is 1. The largest absolute Gasteiger partial charge is 0.395 e. The van der Waals surface area contributed by atoms with Gasteiger partial charge >= 0.3 is 0 Å². The molecule has 0 aliphatic heterocycles. The first-order chi connectivity index (χ1) is 8.63. The Kier molecular flexibility index (Phi) is 3.16. The molecule has 0 aliphatic rings. The smallest absolute Gasteiger partial charge is 0.148 e. The van der Waals surface area contributed by atoms with Gasteiger partial charge in [-0.1, -0.05) is 12.1 Å². The van der Waals surface area contributed by atoms with Crippen LogP contribution in [0, 0.1) is 17.1 Å². The van der Waals surface area contributed by atoms with E-state index < -0.39 is 5.82 Å². The van der Waals surface area contributed by atoms with Crippen molar-refractivity contribution in [3.05, 3.63) is 53.8 Å². The lowest BCUT2D eigenvalue weighted by atomic mass is 10.2. The monoisotopic (exact) mass is 241 g/mol. The van der Waals surface area contributed by atoms with Gasteiger partial charge in [0.1, 0.15) is 5.82 Å². The van der Waals surface area contributed by atoms with Crippen LogP contribution in [0.15, 0.2) is 42.5 Å². The van der Waals surface area contributed by atoms with Crippen molar-refractivity contribution in [1.82, 2.24) is 0 Å². The Morgan fingerprint density at radius 2 is 1.94 bits per heavy atom. The predicted octanol–water partition coefficient (Wildman–Crippen LogP) is 3.05. The van der Waals surface area contributed by atoms with Gasteiger partial charge in [-0.3, -0.25) is 0 Å². The molecule has 0 unspecified atom stereocenters. The van der Waals surface area contributed by atoms with E-state index in [4.69, 9.17) is 11.0 Å². The molecule has 0 amide bonds. The molecule has 0 saturated heterocycles. The highest BCUT2D eigenvalue weighted by Gasteiger charge is 2.10. The minimum Gasteiger partial charge on any atom is -0.395 e. The molecule has 2 aromatic carbocycles. The first-order valence-electron chi connectivity index (χ1n) is 5.41. The Morgan fingerprint density at radius 3 is 2.67 bits per heavy atom. The molecule has 0 spiro atoms. The lowest BCUT2D eigenvalue weighted by Crippen LogP contribution is -2.12. The maximum Gasteiger partial charge on any atom is 0.148 e. The summed E-state index contributed by atoms with van der Waals surface area (Å²) in [4.78, 5) is 1.75. The fraction of sp³-hybridized carbons (Fsp3) is 0.0714. The van der Waals surface area contributed by atoms with E-state index in [9.17, 15) is 4.39 Å². The SMILES string of the molecule is CN(c1cccc(C#N)c1)c1cccc(F)c1N. The lowest BCUT2D eigenvalue weighted by Gasteiger charge is -2.21. The molecule has 0 atom stereocenters. The third-order valence-corrected chi connectivity index (χ3v) is 2.75. The molecule has 0 aromatic heterocycles. The van der Waals surface area contributed by atoms with Crippen molar-refractivity contribution in [2.24, 2.45) is 0 Å². The molecule has 0 heterocycles. The summed E-state index contributed by atoms with van der Waals surface area (Å²) in [5.41, 5.74) is 7.72. The van der Waals surface area contributed by atoms with Crippen molar-refractivity contribution in [3.63, 3.8) is 0 Å². The van der Waals surface area contributed by atoms with Gasteiger partial charge in [0.2, 0.25) is 0 Å². The van der Waals surface area contributed by atoms with E-state index in [2.05, 4.69) is 6.07 Å². The molecule has 4 heteroatoms. The van der Waals surface area contributed by atoms with E-state index in [1.54, 1.807) is 42.3 Å². The van der Waals surface area contributed by atoms with Gasteiger partial charge in [-0.15, -0.1) is 0 Å². The summed E-state index contributed by atoms with van der Waals surface area (Å²) in [6, 6.07) is 13.8. The number of hydrogen-bond acceptors (Lipinski definition) is 3. The van der Waals surface area contributed by atoms with Gasteiger partial charge < -0.3 is 10.6 Å². The van der Waals surface area contributed by atoms with Crippen LogP contribution < -0.4 is 10.6 Å². The van der Waals surface area contributed by atoms with Crippen LogP contribution in [0.5, 0.6) is 0 Å². The van der Waals surface area contributed by atoms with Crippen LogP contribution in [0.25, 0.3) is 0 Å². The number of halogens is 1. The highest BCUT2D eigenvalue weighted by molar-refractivity contribution is 5.75. The topological polar surface area (TPSA) is 53.0 Å². The van der Waals surface area contributed by atoms with Crippen molar-refractivity contribution in [3.8, 4) is 6.07 Å². The normalized spacial score (nSPS) is 9.83. The molecule has 0 fully saturated rings. The molecule has 2 N–H and O–H groups in total. The van der Waals surface area contributed by atoms with Gasteiger partial charge in [0.25, 0.3) is 0 Å². The summed E-state index contributed by atoms with van der Waals surface area (Å²) < 4.78 is 13.4. The Bertz CT molecular complexity index is 617. The lowest BCUT2D eigenvalue weighted by molar-refractivity contribution is 0.632. The Hall–Kier alpha value is -2.54. The third-order valence-electron chi connectivity index (χ3n) is 2.75. The fourth-order valence-corrected chi connectivity index (χ4v) is 1.74. The van der Waals surface area contributed by atoms with Crippen LogP contribution in [0.4, 0.5) is 21.5 Å². The number of nitriles is 1. The van der Waals surface area contributed by atoms with Crippen molar-refractivity contribution in [2.75, 3.05) is 17.7 Å². The number of nitrogens with zero attached hydrogens (tertiary/aromatic N) is 2. The molecule has 2 rings (SSSR count). The second-order valence-electron chi connectivity index (χ2n) is 3.89. The van der Waals surface area contributed by atoms with Crippen molar-refractivity contribution < 1.29 is 4.39 Å². The van der Waals surface area contributed by atoms with E-state index in [1.165, 1.54) is 6.07 Å². The van der Waals surface area contributed by atoms with Crippen molar-refractivity contribution in [1.29, 1.82) is 5.26 Å². The van der Waals surface area contributed by atoms with Gasteiger partial charge in [-0.05, 0) is 30.3 Å². The average molecular weight is 241 g/mol. The number of benzene rings is 2. The number of rotatable bonds is 2. The minimum absolute atomic E-state index is 0.0994. The van der Waals surface area contributed by atoms with Gasteiger partial charge in [0, 0.05) is 12.7 Å². The Balaban J connectivity index is 2.45. The standard InChI is InChI=1S/C14H12FN3/c1-18(11-5-2-4-10(8-11)9-16)13-7-3-6-12(15)14(13)17/h2-8H,17H2,1H3. The van der Waals surface area contributed by atoms with Gasteiger partial charge in [0.15, 0.2) is 0 Å². The predicted molar refractivity (Wildman–Crippen MR) is 70.0 cm³/mol. The van der Waals surface area contributed by atoms with Crippen LogP contribution >= 0.6 is 0 Å². The summed E-state index contributed by atoms with van der Waals surface area (Å²) in [6.07, 6.45) is 0. The van der Waals surface area contributed by atoms with E-state index in [-0.39, 0.29) is 5.69 Å². The van der Waals surface area contributed by atoms with Crippen molar-refractivity contribution in [2.45, 2.75) is 0 Å². The highest BCUT2D eigenvalue weighted by Crippen LogP contribution is 2.30. The zero-order chi connectivity index (χ0) is 13.1.